The van der Waals surface area contributed by atoms with Gasteiger partial charge in [-0.1, -0.05) is 6.07 Å². The lowest BCUT2D eigenvalue weighted by Gasteiger charge is -2.18. The summed E-state index contributed by atoms with van der Waals surface area (Å²) in [6.07, 6.45) is 1.18. The molecule has 1 atom stereocenters. The van der Waals surface area contributed by atoms with Gasteiger partial charge in [0.15, 0.2) is 5.75 Å². The van der Waals surface area contributed by atoms with Crippen LogP contribution in [0.15, 0.2) is 29.1 Å². The first kappa shape index (κ1) is 20.2. The number of carbonyl (C=O) groups is 1. The van der Waals surface area contributed by atoms with Crippen LogP contribution in [0, 0.1) is 6.57 Å². The van der Waals surface area contributed by atoms with E-state index in [0.29, 0.717) is 35.5 Å². The number of aryl methyl sites for hydroxylation is 1. The van der Waals surface area contributed by atoms with Gasteiger partial charge in [-0.15, -0.1) is 0 Å². The number of carbonyl (C=O) groups excluding carboxylic acids is 1. The number of fused-ring (bicyclic) bond motifs is 3. The molecular weight excluding hydrogens is 371 g/mol. The zero-order chi connectivity index (χ0) is 21.1. The highest BCUT2D eigenvalue weighted by Crippen LogP contribution is 2.50. The third kappa shape index (κ3) is 3.61. The Morgan fingerprint density at radius 3 is 2.45 bits per heavy atom. The Bertz CT molecular complexity index is 1070. The third-order valence-electron chi connectivity index (χ3n) is 5.02. The van der Waals surface area contributed by atoms with Crippen molar-refractivity contribution in [2.45, 2.75) is 25.8 Å². The fourth-order valence-corrected chi connectivity index (χ4v) is 3.79. The van der Waals surface area contributed by atoms with Crippen LogP contribution >= 0.6 is 0 Å². The lowest BCUT2D eigenvalue weighted by atomic mass is 9.95. The molecule has 7 nitrogen and oxygen atoms in total. The van der Waals surface area contributed by atoms with Gasteiger partial charge < -0.3 is 19.5 Å². The number of ether oxygens (including phenoxy) is 3. The number of nitrogens with zero attached hydrogens (tertiary/aromatic N) is 1. The van der Waals surface area contributed by atoms with E-state index in [1.54, 1.807) is 12.1 Å². The van der Waals surface area contributed by atoms with E-state index in [2.05, 4.69) is 10.2 Å². The molecule has 0 aliphatic heterocycles. The van der Waals surface area contributed by atoms with Crippen LogP contribution in [0.1, 0.15) is 30.5 Å². The second-order valence-corrected chi connectivity index (χ2v) is 6.68. The van der Waals surface area contributed by atoms with E-state index in [1.165, 1.54) is 34.3 Å². The number of nitrogens with one attached hydrogen (secondary N) is 1. The van der Waals surface area contributed by atoms with Crippen molar-refractivity contribution in [1.82, 2.24) is 5.32 Å². The summed E-state index contributed by atoms with van der Waals surface area (Å²) in [5.41, 5.74) is 2.98. The van der Waals surface area contributed by atoms with E-state index in [1.807, 2.05) is 6.07 Å². The number of methoxy groups -OCH3 is 3. The van der Waals surface area contributed by atoms with Crippen molar-refractivity contribution in [3.8, 4) is 28.4 Å². The average Bonchev–Trinajstić information content (AvgIpc) is 2.95. The first-order valence-corrected chi connectivity index (χ1v) is 9.10. The van der Waals surface area contributed by atoms with Gasteiger partial charge in [-0.25, -0.2) is 4.85 Å². The maximum Gasteiger partial charge on any atom is 0.269 e. The van der Waals surface area contributed by atoms with E-state index in [0.717, 1.165) is 11.1 Å². The number of amides is 1. The Labute approximate surface area is 169 Å². The standard InChI is InChI=1S/C22H22N2O5/c1-12(25)24-16-8-6-13-10-19(28-4)21(23-2)22(29-5)20(13)14-7-9-18(27-3)17(26)11-15(14)16/h7,9-11,16H,6,8H2,1,3-5H3,(H,24,25)/t16-/m0/s1/i2-1. The Kier molecular flexibility index (Phi) is 5.74. The smallest absolute Gasteiger partial charge is 0.269 e. The largest absolute Gasteiger partial charge is 0.508 e. The molecule has 0 saturated carbocycles. The molecule has 1 N–H and O–H groups in total. The molecule has 0 saturated heterocycles. The maximum absolute atomic E-state index is 12.6. The third-order valence-corrected chi connectivity index (χ3v) is 5.02. The van der Waals surface area contributed by atoms with Crippen molar-refractivity contribution in [2.24, 2.45) is 0 Å². The van der Waals surface area contributed by atoms with Gasteiger partial charge >= 0.3 is 0 Å². The minimum Gasteiger partial charge on any atom is -0.508 e. The summed E-state index contributed by atoms with van der Waals surface area (Å²) >= 11 is 0. The molecule has 7 heteroatoms. The Hall–Kier alpha value is -3.53. The topological polar surface area (TPSA) is 78.2 Å². The molecule has 1 aliphatic carbocycles. The van der Waals surface area contributed by atoms with Crippen LogP contribution in [0.2, 0.25) is 0 Å². The van der Waals surface area contributed by atoms with Crippen LogP contribution < -0.4 is 25.0 Å². The van der Waals surface area contributed by atoms with Crippen molar-refractivity contribution >= 4 is 11.6 Å². The molecule has 3 rings (SSSR count). The molecule has 2 aromatic carbocycles. The second-order valence-electron chi connectivity index (χ2n) is 6.68. The van der Waals surface area contributed by atoms with Gasteiger partial charge in [0.1, 0.15) is 11.5 Å². The molecule has 150 valence electrons. The van der Waals surface area contributed by atoms with Gasteiger partial charge in [-0.05, 0) is 47.7 Å². The molecule has 0 unspecified atom stereocenters. The highest BCUT2D eigenvalue weighted by Gasteiger charge is 2.29. The molecule has 0 spiro atoms. The summed E-state index contributed by atoms with van der Waals surface area (Å²) in [6, 6.07) is 6.32. The summed E-state index contributed by atoms with van der Waals surface area (Å²) in [6.45, 7) is 9.04. The van der Waals surface area contributed by atoms with Crippen molar-refractivity contribution in [2.75, 3.05) is 21.3 Å². The molecule has 0 bridgehead atoms. The van der Waals surface area contributed by atoms with E-state index in [9.17, 15) is 9.59 Å². The lowest BCUT2D eigenvalue weighted by Crippen LogP contribution is -2.26. The number of rotatable bonds is 4. The van der Waals surface area contributed by atoms with Gasteiger partial charge in [0.2, 0.25) is 11.3 Å². The predicted octanol–water partition coefficient (Wildman–Crippen LogP) is 3.41. The van der Waals surface area contributed by atoms with Gasteiger partial charge in [0, 0.05) is 12.5 Å². The predicted molar refractivity (Wildman–Crippen MR) is 109 cm³/mol. The van der Waals surface area contributed by atoms with E-state index < -0.39 is 0 Å². The normalized spacial score (nSPS) is 14.5. The summed E-state index contributed by atoms with van der Waals surface area (Å²) in [4.78, 5) is 28.0. The second kappa shape index (κ2) is 8.23. The minimum atomic E-state index is -0.369. The molecule has 0 radical (unpaired) electrons. The molecule has 0 fully saturated rings. The van der Waals surface area contributed by atoms with Crippen molar-refractivity contribution in [3.05, 3.63) is 57.0 Å². The zero-order valence-electron chi connectivity index (χ0n) is 16.8. The van der Waals surface area contributed by atoms with E-state index >= 15 is 0 Å². The SMILES string of the molecule is COc1cc2c(c(OC)c1[N+]#[11C-])-c1ccc(OC)c(=O)cc1[C@@H](NC(C)=O)CC2. The van der Waals surface area contributed by atoms with Gasteiger partial charge in [-0.3, -0.25) is 9.59 Å². The van der Waals surface area contributed by atoms with Crippen molar-refractivity contribution in [1.29, 1.82) is 0 Å². The quantitative estimate of drug-likeness (QED) is 0.806. The van der Waals surface area contributed by atoms with Crippen LogP contribution in [-0.2, 0) is 11.2 Å². The van der Waals surface area contributed by atoms with Crippen molar-refractivity contribution < 1.29 is 19.0 Å². The monoisotopic (exact) mass is 393 g/mol. The summed E-state index contributed by atoms with van der Waals surface area (Å²) in [5.74, 6) is 0.817. The molecule has 0 aromatic heterocycles. The molecule has 0 heterocycles. The highest BCUT2D eigenvalue weighted by atomic mass is 16.5. The fourth-order valence-electron chi connectivity index (χ4n) is 3.79. The first-order chi connectivity index (χ1) is 13.9. The van der Waals surface area contributed by atoms with E-state index in [-0.39, 0.29) is 28.8 Å². The number of benzene rings is 1. The van der Waals surface area contributed by atoms with Crippen LogP contribution in [0.4, 0.5) is 5.69 Å². The minimum absolute atomic E-state index is 0.191. The summed E-state index contributed by atoms with van der Waals surface area (Å²) < 4.78 is 16.2. The van der Waals surface area contributed by atoms with Gasteiger partial charge in [0.05, 0.1) is 33.9 Å². The molecule has 2 aromatic rings. The van der Waals surface area contributed by atoms with Crippen LogP contribution in [0.25, 0.3) is 16.0 Å². The lowest BCUT2D eigenvalue weighted by molar-refractivity contribution is -0.119. The average molecular weight is 393 g/mol. The van der Waals surface area contributed by atoms with E-state index in [4.69, 9.17) is 20.8 Å². The van der Waals surface area contributed by atoms with Crippen LogP contribution in [0.5, 0.6) is 17.2 Å². The zero-order valence-corrected chi connectivity index (χ0v) is 16.8. The molecule has 1 aliphatic rings. The Morgan fingerprint density at radius 1 is 1.14 bits per heavy atom. The molecular formula is C22H22N2O5. The highest BCUT2D eigenvalue weighted by molar-refractivity contribution is 5.87. The summed E-state index contributed by atoms with van der Waals surface area (Å²) in [7, 11) is 4.45. The van der Waals surface area contributed by atoms with Crippen molar-refractivity contribution in [3.63, 3.8) is 0 Å². The van der Waals surface area contributed by atoms with Crippen LogP contribution in [-0.4, -0.2) is 27.2 Å². The maximum atomic E-state index is 12.6. The van der Waals surface area contributed by atoms with Gasteiger partial charge in [-0.2, -0.15) is 0 Å². The Balaban J connectivity index is 2.44. The Morgan fingerprint density at radius 2 is 1.86 bits per heavy atom. The first-order valence-electron chi connectivity index (χ1n) is 9.10. The molecule has 29 heavy (non-hydrogen) atoms. The number of hydrogen-bond donors (Lipinski definition) is 1. The fraction of sp³-hybridized carbons (Fsp3) is 0.318. The summed E-state index contributed by atoms with van der Waals surface area (Å²) in [5, 5.41) is 2.93. The number of hydrogen-bond acceptors (Lipinski definition) is 5. The molecule has 1 amide bonds. The van der Waals surface area contributed by atoms with Crippen LogP contribution in [0.3, 0.4) is 0 Å². The van der Waals surface area contributed by atoms with Gasteiger partial charge in [0.25, 0.3) is 5.69 Å².